The van der Waals surface area contributed by atoms with Crippen molar-refractivity contribution in [1.82, 2.24) is 9.97 Å². The van der Waals surface area contributed by atoms with Crippen LogP contribution in [0.15, 0.2) is 58.7 Å². The number of ketones is 1. The summed E-state index contributed by atoms with van der Waals surface area (Å²) in [7, 11) is 3.14. The zero-order valence-electron chi connectivity index (χ0n) is 16.7. The van der Waals surface area contributed by atoms with E-state index in [1.54, 1.807) is 44.0 Å². The van der Waals surface area contributed by atoms with Gasteiger partial charge < -0.3 is 9.47 Å². The highest BCUT2D eigenvalue weighted by Crippen LogP contribution is 2.34. The molecule has 0 fully saturated rings. The van der Waals surface area contributed by atoms with Crippen molar-refractivity contribution in [2.45, 2.75) is 5.92 Å². The first-order chi connectivity index (χ1) is 15.1. The number of carbonyl (C=O) groups is 1. The Labute approximate surface area is 187 Å². The molecule has 4 rings (SSSR count). The lowest BCUT2D eigenvalue weighted by Gasteiger charge is -2.08. The third-order valence-corrected chi connectivity index (χ3v) is 6.21. The highest BCUT2D eigenvalue weighted by Gasteiger charge is 2.25. The van der Waals surface area contributed by atoms with Crippen molar-refractivity contribution in [1.29, 1.82) is 5.26 Å². The Balaban J connectivity index is 1.63. The van der Waals surface area contributed by atoms with Crippen LogP contribution in [0.2, 0.25) is 0 Å². The maximum atomic E-state index is 13.1. The van der Waals surface area contributed by atoms with Gasteiger partial charge in [0.25, 0.3) is 0 Å². The third-order valence-electron chi connectivity index (χ3n) is 4.71. The van der Waals surface area contributed by atoms with Crippen LogP contribution in [0.25, 0.3) is 22.5 Å². The number of thiazole rings is 2. The molecule has 0 aliphatic heterocycles. The average Bonchev–Trinajstić information content (AvgIpc) is 3.52. The maximum Gasteiger partial charge on any atom is 0.186 e. The van der Waals surface area contributed by atoms with Crippen LogP contribution < -0.4 is 9.47 Å². The minimum atomic E-state index is -0.982. The number of hydrogen-bond acceptors (Lipinski definition) is 8. The number of ether oxygens (including phenoxy) is 2. The largest absolute Gasteiger partial charge is 0.493 e. The molecule has 1 unspecified atom stereocenters. The maximum absolute atomic E-state index is 13.1. The van der Waals surface area contributed by atoms with Gasteiger partial charge in [-0.2, -0.15) is 5.26 Å². The highest BCUT2D eigenvalue weighted by molar-refractivity contribution is 7.10. The molecule has 0 saturated carbocycles. The molecule has 0 N–H and O–H groups in total. The molecular formula is C23H17N3O3S2. The fourth-order valence-corrected chi connectivity index (χ4v) is 4.56. The molecule has 154 valence electrons. The van der Waals surface area contributed by atoms with Gasteiger partial charge in [0.2, 0.25) is 0 Å². The minimum Gasteiger partial charge on any atom is -0.493 e. The fourth-order valence-electron chi connectivity index (χ4n) is 3.13. The molecular weight excluding hydrogens is 430 g/mol. The van der Waals surface area contributed by atoms with E-state index in [-0.39, 0.29) is 5.78 Å². The molecule has 0 amide bonds. The number of nitriles is 1. The van der Waals surface area contributed by atoms with Gasteiger partial charge in [0.1, 0.15) is 5.01 Å². The Bertz CT molecular complexity index is 1260. The number of Topliss-reactive ketones (excluding diaryl/α,β-unsaturated/α-hetero) is 1. The summed E-state index contributed by atoms with van der Waals surface area (Å²) in [6.07, 6.45) is 0. The number of hydrogen-bond donors (Lipinski definition) is 0. The van der Waals surface area contributed by atoms with Crippen LogP contribution in [0.5, 0.6) is 11.5 Å². The van der Waals surface area contributed by atoms with E-state index in [0.717, 1.165) is 16.8 Å². The summed E-state index contributed by atoms with van der Waals surface area (Å²) in [4.78, 5) is 22.0. The number of nitrogens with zero attached hydrogens (tertiary/aromatic N) is 3. The minimum absolute atomic E-state index is 0.284. The van der Waals surface area contributed by atoms with Crippen molar-refractivity contribution in [2.24, 2.45) is 0 Å². The summed E-state index contributed by atoms with van der Waals surface area (Å²) in [5.41, 5.74) is 5.33. The van der Waals surface area contributed by atoms with E-state index < -0.39 is 5.92 Å². The molecule has 6 nitrogen and oxygen atoms in total. The molecule has 0 spiro atoms. The van der Waals surface area contributed by atoms with Gasteiger partial charge in [-0.3, -0.25) is 4.79 Å². The van der Waals surface area contributed by atoms with Crippen molar-refractivity contribution < 1.29 is 14.3 Å². The normalized spacial score (nSPS) is 11.5. The van der Waals surface area contributed by atoms with Gasteiger partial charge in [-0.05, 0) is 24.3 Å². The van der Waals surface area contributed by atoms with Gasteiger partial charge in [0.15, 0.2) is 23.2 Å². The van der Waals surface area contributed by atoms with E-state index in [1.807, 2.05) is 29.0 Å². The van der Waals surface area contributed by atoms with Crippen LogP contribution in [0, 0.1) is 11.3 Å². The van der Waals surface area contributed by atoms with Crippen LogP contribution in [-0.2, 0) is 0 Å². The van der Waals surface area contributed by atoms with Crippen molar-refractivity contribution in [3.05, 3.63) is 69.3 Å². The van der Waals surface area contributed by atoms with Gasteiger partial charge in [0.05, 0.1) is 37.2 Å². The average molecular weight is 448 g/mol. The van der Waals surface area contributed by atoms with Gasteiger partial charge >= 0.3 is 0 Å². The SMILES string of the molecule is COc1ccc(-c2csc(C(C#N)C(=O)c3cccc(-c4cscn4)c3)n2)cc1OC. The molecule has 4 aromatic rings. The molecule has 0 saturated heterocycles. The monoisotopic (exact) mass is 447 g/mol. The summed E-state index contributed by atoms with van der Waals surface area (Å²) in [5, 5.41) is 13.9. The Morgan fingerprint density at radius 2 is 1.84 bits per heavy atom. The molecule has 31 heavy (non-hydrogen) atoms. The van der Waals surface area contributed by atoms with Gasteiger partial charge in [0, 0.05) is 27.5 Å². The Kier molecular flexibility index (Phi) is 6.07. The molecule has 2 aromatic carbocycles. The van der Waals surface area contributed by atoms with Crippen molar-refractivity contribution in [3.63, 3.8) is 0 Å². The molecule has 0 aliphatic rings. The zero-order chi connectivity index (χ0) is 21.8. The van der Waals surface area contributed by atoms with Crippen molar-refractivity contribution in [3.8, 4) is 40.1 Å². The predicted molar refractivity (Wildman–Crippen MR) is 121 cm³/mol. The van der Waals surface area contributed by atoms with Gasteiger partial charge in [-0.1, -0.05) is 18.2 Å². The predicted octanol–water partition coefficient (Wildman–Crippen LogP) is 5.44. The molecule has 0 aliphatic carbocycles. The summed E-state index contributed by atoms with van der Waals surface area (Å²) in [6, 6.07) is 14.8. The van der Waals surface area contributed by atoms with E-state index in [1.165, 1.54) is 22.7 Å². The Morgan fingerprint density at radius 3 is 2.55 bits per heavy atom. The molecule has 0 radical (unpaired) electrons. The molecule has 8 heteroatoms. The second-order valence-electron chi connectivity index (χ2n) is 6.52. The lowest BCUT2D eigenvalue weighted by Crippen LogP contribution is -2.11. The third kappa shape index (κ3) is 4.19. The quantitative estimate of drug-likeness (QED) is 0.351. The zero-order valence-corrected chi connectivity index (χ0v) is 18.4. The number of benzene rings is 2. The van der Waals surface area contributed by atoms with E-state index >= 15 is 0 Å². The highest BCUT2D eigenvalue weighted by atomic mass is 32.1. The number of carbonyl (C=O) groups excluding carboxylic acids is 1. The number of aromatic nitrogens is 2. The molecule has 0 bridgehead atoms. The van der Waals surface area contributed by atoms with Crippen LogP contribution in [0.3, 0.4) is 0 Å². The van der Waals surface area contributed by atoms with Crippen molar-refractivity contribution in [2.75, 3.05) is 14.2 Å². The fraction of sp³-hybridized carbons (Fsp3) is 0.130. The second kappa shape index (κ2) is 9.08. The first-order valence-electron chi connectivity index (χ1n) is 9.25. The van der Waals surface area contributed by atoms with Gasteiger partial charge in [-0.25, -0.2) is 9.97 Å². The van der Waals surface area contributed by atoms with Crippen LogP contribution in [0.1, 0.15) is 21.3 Å². The smallest absolute Gasteiger partial charge is 0.186 e. The van der Waals surface area contributed by atoms with Crippen LogP contribution in [0.4, 0.5) is 0 Å². The summed E-state index contributed by atoms with van der Waals surface area (Å²) in [6.45, 7) is 0. The van der Waals surface area contributed by atoms with E-state index in [9.17, 15) is 10.1 Å². The van der Waals surface area contributed by atoms with Crippen molar-refractivity contribution >= 4 is 28.5 Å². The topological polar surface area (TPSA) is 85.1 Å². The first kappa shape index (κ1) is 20.7. The van der Waals surface area contributed by atoms with E-state index in [2.05, 4.69) is 16.0 Å². The molecule has 2 heterocycles. The lowest BCUT2D eigenvalue weighted by atomic mass is 9.97. The molecule has 2 aromatic heterocycles. The number of methoxy groups -OCH3 is 2. The Hall–Kier alpha value is -3.54. The van der Waals surface area contributed by atoms with Gasteiger partial charge in [-0.15, -0.1) is 22.7 Å². The second-order valence-corrected chi connectivity index (χ2v) is 8.13. The summed E-state index contributed by atoms with van der Waals surface area (Å²) >= 11 is 2.78. The van der Waals surface area contributed by atoms with Crippen LogP contribution in [-0.4, -0.2) is 30.0 Å². The first-order valence-corrected chi connectivity index (χ1v) is 11.1. The summed E-state index contributed by atoms with van der Waals surface area (Å²) in [5.74, 6) is -0.0644. The lowest BCUT2D eigenvalue weighted by molar-refractivity contribution is 0.0979. The number of rotatable bonds is 7. The standard InChI is InChI=1S/C23H17N3O3S2/c1-28-20-7-6-15(9-21(20)29-2)19-12-31-23(26-19)17(10-24)22(27)16-5-3-4-14(8-16)18-11-30-13-25-18/h3-9,11-13,17H,1-2H3. The molecule has 1 atom stereocenters. The van der Waals surface area contributed by atoms with Crippen LogP contribution >= 0.6 is 22.7 Å². The summed E-state index contributed by atoms with van der Waals surface area (Å²) < 4.78 is 10.6. The van der Waals surface area contributed by atoms with E-state index in [4.69, 9.17) is 9.47 Å². The van der Waals surface area contributed by atoms with E-state index in [0.29, 0.717) is 27.8 Å². The Morgan fingerprint density at radius 1 is 1.03 bits per heavy atom.